The summed E-state index contributed by atoms with van der Waals surface area (Å²) < 4.78 is 0. The van der Waals surface area contributed by atoms with E-state index in [1.54, 1.807) is 13.2 Å². The van der Waals surface area contributed by atoms with Gasteiger partial charge in [-0.15, -0.1) is 0 Å². The summed E-state index contributed by atoms with van der Waals surface area (Å²) in [6.07, 6.45) is 7.12. The second kappa shape index (κ2) is 4.59. The molecule has 2 aliphatic carbocycles. The predicted molar refractivity (Wildman–Crippen MR) is 70.5 cm³/mol. The molecule has 2 fully saturated rings. The SMILES string of the molecule is CNC(=O)c1cc(NC2CC3CCC2C3)ccn1. The first kappa shape index (κ1) is 11.5. The molecule has 2 saturated carbocycles. The normalized spacial score (nSPS) is 29.3. The molecule has 1 aromatic rings. The van der Waals surface area contributed by atoms with Crippen LogP contribution in [0.15, 0.2) is 18.3 Å². The zero-order chi connectivity index (χ0) is 12.5. The van der Waals surface area contributed by atoms with Crippen LogP contribution < -0.4 is 10.6 Å². The molecule has 1 aromatic heterocycles. The maximum absolute atomic E-state index is 11.5. The van der Waals surface area contributed by atoms with E-state index in [4.69, 9.17) is 0 Å². The second-order valence-corrected chi connectivity index (χ2v) is 5.43. The number of rotatable bonds is 3. The molecular weight excluding hydrogens is 226 g/mol. The highest BCUT2D eigenvalue weighted by molar-refractivity contribution is 5.92. The Morgan fingerprint density at radius 3 is 2.94 bits per heavy atom. The molecule has 0 aliphatic heterocycles. The maximum atomic E-state index is 11.5. The Bertz CT molecular complexity index is 460. The summed E-state index contributed by atoms with van der Waals surface area (Å²) in [5.74, 6) is 1.62. The first-order valence-corrected chi connectivity index (χ1v) is 6.71. The zero-order valence-corrected chi connectivity index (χ0v) is 10.6. The van der Waals surface area contributed by atoms with Crippen LogP contribution in [0.25, 0.3) is 0 Å². The summed E-state index contributed by atoms with van der Waals surface area (Å²) in [5.41, 5.74) is 1.49. The molecule has 3 unspecified atom stereocenters. The van der Waals surface area contributed by atoms with Gasteiger partial charge in [-0.2, -0.15) is 0 Å². The van der Waals surface area contributed by atoms with E-state index in [2.05, 4.69) is 15.6 Å². The van der Waals surface area contributed by atoms with Crippen molar-refractivity contribution in [3.63, 3.8) is 0 Å². The monoisotopic (exact) mass is 245 g/mol. The molecule has 96 valence electrons. The summed E-state index contributed by atoms with van der Waals surface area (Å²) in [7, 11) is 1.63. The van der Waals surface area contributed by atoms with Crippen molar-refractivity contribution in [3.8, 4) is 0 Å². The Labute approximate surface area is 107 Å². The van der Waals surface area contributed by atoms with Crippen molar-refractivity contribution in [2.75, 3.05) is 12.4 Å². The van der Waals surface area contributed by atoms with Crippen molar-refractivity contribution in [2.24, 2.45) is 11.8 Å². The van der Waals surface area contributed by atoms with E-state index in [0.29, 0.717) is 11.7 Å². The largest absolute Gasteiger partial charge is 0.382 e. The van der Waals surface area contributed by atoms with Gasteiger partial charge in [0.1, 0.15) is 5.69 Å². The summed E-state index contributed by atoms with van der Waals surface area (Å²) in [5, 5.41) is 6.17. The Morgan fingerprint density at radius 2 is 2.28 bits per heavy atom. The Balaban J connectivity index is 1.71. The van der Waals surface area contributed by atoms with Gasteiger partial charge in [-0.3, -0.25) is 9.78 Å². The molecule has 4 nitrogen and oxygen atoms in total. The van der Waals surface area contributed by atoms with Gasteiger partial charge in [0.25, 0.3) is 5.91 Å². The molecule has 0 saturated heterocycles. The Morgan fingerprint density at radius 1 is 1.39 bits per heavy atom. The zero-order valence-electron chi connectivity index (χ0n) is 10.6. The first-order chi connectivity index (χ1) is 8.76. The molecular formula is C14H19N3O. The number of nitrogens with zero attached hydrogens (tertiary/aromatic N) is 1. The number of hydrogen-bond donors (Lipinski definition) is 2. The first-order valence-electron chi connectivity index (χ1n) is 6.71. The van der Waals surface area contributed by atoms with Crippen LogP contribution in [0.3, 0.4) is 0 Å². The number of pyridine rings is 1. The second-order valence-electron chi connectivity index (χ2n) is 5.43. The van der Waals surface area contributed by atoms with Crippen LogP contribution in [0.5, 0.6) is 0 Å². The molecule has 4 heteroatoms. The minimum absolute atomic E-state index is 0.133. The molecule has 2 bridgehead atoms. The van der Waals surface area contributed by atoms with Crippen LogP contribution in [0.2, 0.25) is 0 Å². The van der Waals surface area contributed by atoms with E-state index in [1.807, 2.05) is 12.1 Å². The van der Waals surface area contributed by atoms with Crippen molar-refractivity contribution in [2.45, 2.75) is 31.7 Å². The number of aromatic nitrogens is 1. The summed E-state index contributed by atoms with van der Waals surface area (Å²) >= 11 is 0. The van der Waals surface area contributed by atoms with Crippen LogP contribution in [0, 0.1) is 11.8 Å². The lowest BCUT2D eigenvalue weighted by molar-refractivity contribution is 0.0958. The van der Waals surface area contributed by atoms with Crippen molar-refractivity contribution in [1.82, 2.24) is 10.3 Å². The topological polar surface area (TPSA) is 54.0 Å². The van der Waals surface area contributed by atoms with Crippen LogP contribution in [-0.2, 0) is 0 Å². The average Bonchev–Trinajstić information content (AvgIpc) is 3.00. The number of fused-ring (bicyclic) bond motifs is 2. The Kier molecular flexibility index (Phi) is 2.94. The molecule has 18 heavy (non-hydrogen) atoms. The van der Waals surface area contributed by atoms with Gasteiger partial charge in [0.05, 0.1) is 0 Å². The predicted octanol–water partition coefficient (Wildman–Crippen LogP) is 2.04. The lowest BCUT2D eigenvalue weighted by Gasteiger charge is -2.24. The van der Waals surface area contributed by atoms with Crippen molar-refractivity contribution < 1.29 is 4.79 Å². The maximum Gasteiger partial charge on any atom is 0.269 e. The number of nitrogens with one attached hydrogen (secondary N) is 2. The van der Waals surface area contributed by atoms with Gasteiger partial charge < -0.3 is 10.6 Å². The number of amides is 1. The number of hydrogen-bond acceptors (Lipinski definition) is 3. The minimum atomic E-state index is -0.133. The minimum Gasteiger partial charge on any atom is -0.382 e. The van der Waals surface area contributed by atoms with Crippen molar-refractivity contribution in [3.05, 3.63) is 24.0 Å². The van der Waals surface area contributed by atoms with E-state index in [0.717, 1.165) is 17.5 Å². The lowest BCUT2D eigenvalue weighted by Crippen LogP contribution is -2.26. The smallest absolute Gasteiger partial charge is 0.269 e. The third-order valence-electron chi connectivity index (χ3n) is 4.31. The quantitative estimate of drug-likeness (QED) is 0.857. The molecule has 3 rings (SSSR count). The lowest BCUT2D eigenvalue weighted by atomic mass is 9.95. The third-order valence-corrected chi connectivity index (χ3v) is 4.31. The van der Waals surface area contributed by atoms with Crippen molar-refractivity contribution >= 4 is 11.6 Å². The fourth-order valence-electron chi connectivity index (χ4n) is 3.41. The molecule has 3 atom stereocenters. The van der Waals surface area contributed by atoms with Gasteiger partial charge in [-0.1, -0.05) is 6.42 Å². The van der Waals surface area contributed by atoms with E-state index in [1.165, 1.54) is 25.7 Å². The Hall–Kier alpha value is -1.58. The van der Waals surface area contributed by atoms with Crippen LogP contribution >= 0.6 is 0 Å². The fraction of sp³-hybridized carbons (Fsp3) is 0.571. The van der Waals surface area contributed by atoms with Crippen LogP contribution in [0.1, 0.15) is 36.2 Å². The van der Waals surface area contributed by atoms with Gasteiger partial charge in [0.2, 0.25) is 0 Å². The van der Waals surface area contributed by atoms with Gasteiger partial charge in [-0.05, 0) is 43.2 Å². The fourth-order valence-corrected chi connectivity index (χ4v) is 3.41. The van der Waals surface area contributed by atoms with Gasteiger partial charge in [-0.25, -0.2) is 0 Å². The van der Waals surface area contributed by atoms with Gasteiger partial charge in [0.15, 0.2) is 0 Å². The standard InChI is InChI=1S/C14H19N3O/c1-15-14(18)13-8-11(4-5-16-13)17-12-7-9-2-3-10(12)6-9/h4-5,8-10,12H,2-3,6-7H2,1H3,(H,15,18)(H,16,17). The molecule has 0 radical (unpaired) electrons. The summed E-state index contributed by atoms with van der Waals surface area (Å²) in [6.45, 7) is 0. The van der Waals surface area contributed by atoms with E-state index in [9.17, 15) is 4.79 Å². The van der Waals surface area contributed by atoms with Crippen molar-refractivity contribution in [1.29, 1.82) is 0 Å². The van der Waals surface area contributed by atoms with E-state index in [-0.39, 0.29) is 5.91 Å². The van der Waals surface area contributed by atoms with Crippen LogP contribution in [0.4, 0.5) is 5.69 Å². The van der Waals surface area contributed by atoms with Gasteiger partial charge >= 0.3 is 0 Å². The van der Waals surface area contributed by atoms with Crippen LogP contribution in [-0.4, -0.2) is 24.0 Å². The highest BCUT2D eigenvalue weighted by Gasteiger charge is 2.39. The number of carbonyl (C=O) groups is 1. The number of anilines is 1. The molecule has 1 heterocycles. The molecule has 2 aliphatic rings. The molecule has 0 aromatic carbocycles. The van der Waals surface area contributed by atoms with E-state index >= 15 is 0 Å². The molecule has 0 spiro atoms. The molecule has 2 N–H and O–H groups in total. The highest BCUT2D eigenvalue weighted by Crippen LogP contribution is 2.45. The summed E-state index contributed by atoms with van der Waals surface area (Å²) in [6, 6.07) is 4.37. The van der Waals surface area contributed by atoms with Gasteiger partial charge in [0, 0.05) is 25.0 Å². The third kappa shape index (κ3) is 2.07. The molecule has 1 amide bonds. The number of carbonyl (C=O) groups excluding carboxylic acids is 1. The van der Waals surface area contributed by atoms with E-state index < -0.39 is 0 Å². The average molecular weight is 245 g/mol. The summed E-state index contributed by atoms with van der Waals surface area (Å²) in [4.78, 5) is 15.6. The highest BCUT2D eigenvalue weighted by atomic mass is 16.1.